The van der Waals surface area contributed by atoms with Gasteiger partial charge < -0.3 is 9.47 Å². The summed E-state index contributed by atoms with van der Waals surface area (Å²) in [5, 5.41) is -0.145. The van der Waals surface area contributed by atoms with Gasteiger partial charge in [0.15, 0.2) is 5.65 Å². The quantitative estimate of drug-likeness (QED) is 0.741. The predicted octanol–water partition coefficient (Wildman–Crippen LogP) is 4.08. The zero-order valence-electron chi connectivity index (χ0n) is 13.2. The molecule has 1 atom stereocenters. The Bertz CT molecular complexity index is 634. The minimum atomic E-state index is -0.145. The Morgan fingerprint density at radius 2 is 2.10 bits per heavy atom. The Morgan fingerprint density at radius 1 is 1.43 bits per heavy atom. The average Bonchev–Trinajstić information content (AvgIpc) is 2.64. The summed E-state index contributed by atoms with van der Waals surface area (Å²) in [6, 6.07) is 1.99. The van der Waals surface area contributed by atoms with Gasteiger partial charge in [-0.05, 0) is 48.4 Å². The topological polar surface area (TPSA) is 34.0 Å². The van der Waals surface area contributed by atoms with E-state index in [1.165, 1.54) is 0 Å². The molecule has 1 unspecified atom stereocenters. The van der Waals surface area contributed by atoms with E-state index in [0.717, 1.165) is 34.6 Å². The summed E-state index contributed by atoms with van der Waals surface area (Å²) >= 11 is 9.77. The molecule has 0 saturated carbocycles. The van der Waals surface area contributed by atoms with E-state index in [2.05, 4.69) is 63.3 Å². The third-order valence-corrected chi connectivity index (χ3v) is 3.90. The van der Waals surface area contributed by atoms with Crippen LogP contribution < -0.4 is 0 Å². The molecule has 0 aromatic carbocycles. The third kappa shape index (κ3) is 3.96. The Kier molecular flexibility index (Phi) is 4.96. The van der Waals surface area contributed by atoms with Gasteiger partial charge in [-0.1, -0.05) is 13.8 Å². The lowest BCUT2D eigenvalue weighted by molar-refractivity contribution is 0.211. The molecular formula is C15H22BrClN4. The van der Waals surface area contributed by atoms with Crippen LogP contribution in [0.1, 0.15) is 32.0 Å². The first-order valence-electron chi connectivity index (χ1n) is 7.00. The van der Waals surface area contributed by atoms with E-state index in [0.29, 0.717) is 0 Å². The van der Waals surface area contributed by atoms with Gasteiger partial charge in [0.05, 0.1) is 5.38 Å². The van der Waals surface area contributed by atoms with Gasteiger partial charge in [0, 0.05) is 23.8 Å². The van der Waals surface area contributed by atoms with Crippen LogP contribution in [-0.2, 0) is 6.54 Å². The molecule has 0 aliphatic carbocycles. The zero-order valence-corrected chi connectivity index (χ0v) is 15.5. The van der Waals surface area contributed by atoms with Gasteiger partial charge in [0.1, 0.15) is 11.3 Å². The van der Waals surface area contributed by atoms with Gasteiger partial charge in [-0.2, -0.15) is 0 Å². The summed E-state index contributed by atoms with van der Waals surface area (Å²) in [5.41, 5.74) is 1.88. The molecule has 0 radical (unpaired) electrons. The fourth-order valence-corrected chi connectivity index (χ4v) is 3.28. The maximum atomic E-state index is 6.32. The minimum Gasteiger partial charge on any atom is -0.311 e. The number of alkyl halides is 1. The van der Waals surface area contributed by atoms with Gasteiger partial charge in [-0.25, -0.2) is 9.97 Å². The Balaban J connectivity index is 2.48. The van der Waals surface area contributed by atoms with Crippen molar-refractivity contribution in [3.05, 3.63) is 22.6 Å². The molecule has 116 valence electrons. The molecule has 0 N–H and O–H groups in total. The van der Waals surface area contributed by atoms with Crippen LogP contribution in [0.3, 0.4) is 0 Å². The molecule has 2 aromatic heterocycles. The van der Waals surface area contributed by atoms with Crippen LogP contribution >= 0.6 is 27.5 Å². The summed E-state index contributed by atoms with van der Waals surface area (Å²) in [6.07, 6.45) is 1.81. The maximum absolute atomic E-state index is 6.32. The second-order valence-electron chi connectivity index (χ2n) is 6.57. The molecule has 0 spiro atoms. The molecule has 2 aromatic rings. The highest BCUT2D eigenvalue weighted by Gasteiger charge is 2.24. The number of rotatable bonds is 5. The average molecular weight is 374 g/mol. The van der Waals surface area contributed by atoms with Crippen LogP contribution in [-0.4, -0.2) is 40.1 Å². The first kappa shape index (κ1) is 16.7. The van der Waals surface area contributed by atoms with Gasteiger partial charge in [0.25, 0.3) is 0 Å². The van der Waals surface area contributed by atoms with Crippen LogP contribution in [0.15, 0.2) is 16.7 Å². The van der Waals surface area contributed by atoms with E-state index in [1.807, 2.05) is 19.2 Å². The van der Waals surface area contributed by atoms with E-state index < -0.39 is 0 Å². The number of aromatic nitrogens is 3. The number of hydrogen-bond acceptors (Lipinski definition) is 3. The van der Waals surface area contributed by atoms with E-state index in [1.54, 1.807) is 0 Å². The summed E-state index contributed by atoms with van der Waals surface area (Å²) < 4.78 is 3.09. The molecule has 0 fully saturated rings. The lowest BCUT2D eigenvalue weighted by atomic mass is 9.92. The van der Waals surface area contributed by atoms with E-state index in [4.69, 9.17) is 11.6 Å². The van der Waals surface area contributed by atoms with Crippen molar-refractivity contribution in [2.75, 3.05) is 20.6 Å². The third-order valence-electron chi connectivity index (χ3n) is 3.27. The van der Waals surface area contributed by atoms with Crippen LogP contribution in [0.5, 0.6) is 0 Å². The van der Waals surface area contributed by atoms with Crippen LogP contribution in [0, 0.1) is 5.41 Å². The molecule has 0 amide bonds. The number of imidazole rings is 1. The first-order valence-corrected chi connectivity index (χ1v) is 8.23. The van der Waals surface area contributed by atoms with E-state index in [-0.39, 0.29) is 10.8 Å². The lowest BCUT2D eigenvalue weighted by Gasteiger charge is -2.29. The van der Waals surface area contributed by atoms with Gasteiger partial charge >= 0.3 is 0 Å². The normalized spacial score (nSPS) is 14.1. The molecule has 0 saturated heterocycles. The highest BCUT2D eigenvalue weighted by molar-refractivity contribution is 9.10. The molecular weight excluding hydrogens is 352 g/mol. The number of pyridine rings is 1. The Hall–Kier alpha value is -0.650. The SMILES string of the molecule is CC(Cl)c1nc2cc(Br)cnc2n1CC(C)(C)CN(C)C. The van der Waals surface area contributed by atoms with Crippen molar-refractivity contribution in [2.24, 2.45) is 5.41 Å². The minimum absolute atomic E-state index is 0.104. The summed E-state index contributed by atoms with van der Waals surface area (Å²) in [5.74, 6) is 0.879. The number of halogens is 2. The van der Waals surface area contributed by atoms with Gasteiger partial charge in [-0.15, -0.1) is 11.6 Å². The fourth-order valence-electron chi connectivity index (χ4n) is 2.80. The van der Waals surface area contributed by atoms with Crippen molar-refractivity contribution < 1.29 is 0 Å². The van der Waals surface area contributed by atoms with Crippen LogP contribution in [0.4, 0.5) is 0 Å². The predicted molar refractivity (Wildman–Crippen MR) is 91.8 cm³/mol. The number of fused-ring (bicyclic) bond motifs is 1. The molecule has 21 heavy (non-hydrogen) atoms. The Labute approximate surface area is 139 Å². The number of hydrogen-bond donors (Lipinski definition) is 0. The molecule has 0 aliphatic rings. The van der Waals surface area contributed by atoms with Crippen molar-refractivity contribution in [3.8, 4) is 0 Å². The van der Waals surface area contributed by atoms with Crippen LogP contribution in [0.2, 0.25) is 0 Å². The van der Waals surface area contributed by atoms with Gasteiger partial charge in [-0.3, -0.25) is 0 Å². The molecule has 6 heteroatoms. The zero-order chi connectivity index (χ0) is 15.8. The van der Waals surface area contributed by atoms with Crippen molar-refractivity contribution in [3.63, 3.8) is 0 Å². The second kappa shape index (κ2) is 6.23. The highest BCUT2D eigenvalue weighted by Crippen LogP contribution is 2.29. The summed E-state index contributed by atoms with van der Waals surface area (Å²) in [6.45, 7) is 8.27. The van der Waals surface area contributed by atoms with Crippen molar-refractivity contribution in [1.82, 2.24) is 19.4 Å². The molecule has 2 rings (SSSR count). The number of nitrogens with zero attached hydrogens (tertiary/aromatic N) is 4. The molecule has 4 nitrogen and oxygen atoms in total. The molecule has 0 aliphatic heterocycles. The fraction of sp³-hybridized carbons (Fsp3) is 0.600. The van der Waals surface area contributed by atoms with Crippen LogP contribution in [0.25, 0.3) is 11.2 Å². The lowest BCUT2D eigenvalue weighted by Crippen LogP contribution is -2.33. The van der Waals surface area contributed by atoms with E-state index in [9.17, 15) is 0 Å². The molecule has 2 heterocycles. The first-order chi connectivity index (χ1) is 9.69. The smallest absolute Gasteiger partial charge is 0.160 e. The summed E-state index contributed by atoms with van der Waals surface area (Å²) in [4.78, 5) is 11.4. The second-order valence-corrected chi connectivity index (χ2v) is 8.14. The maximum Gasteiger partial charge on any atom is 0.160 e. The molecule has 0 bridgehead atoms. The monoisotopic (exact) mass is 372 g/mol. The Morgan fingerprint density at radius 3 is 2.67 bits per heavy atom. The highest BCUT2D eigenvalue weighted by atomic mass is 79.9. The standard InChI is InChI=1S/C15H22BrClN4/c1-10(17)13-19-12-6-11(16)7-18-14(12)21(13)9-15(2,3)8-20(4)5/h6-7,10H,8-9H2,1-5H3. The van der Waals surface area contributed by atoms with Crippen molar-refractivity contribution in [1.29, 1.82) is 0 Å². The van der Waals surface area contributed by atoms with Gasteiger partial charge in [0.2, 0.25) is 0 Å². The van der Waals surface area contributed by atoms with E-state index >= 15 is 0 Å². The van der Waals surface area contributed by atoms with Crippen molar-refractivity contribution in [2.45, 2.75) is 32.7 Å². The largest absolute Gasteiger partial charge is 0.311 e. The van der Waals surface area contributed by atoms with Crippen molar-refractivity contribution >= 4 is 38.7 Å². The summed E-state index contributed by atoms with van der Waals surface area (Å²) in [7, 11) is 4.18.